The molecule has 0 aromatic carbocycles. The van der Waals surface area contributed by atoms with Gasteiger partial charge in [0.1, 0.15) is 0 Å². The second-order valence-electron chi connectivity index (χ2n) is 4.39. The number of halogens is 3. The normalized spacial score (nSPS) is 22.3. The maximum Gasteiger partial charge on any atom is 0.389 e. The predicted molar refractivity (Wildman–Crippen MR) is 49.9 cm³/mol. The maximum atomic E-state index is 12.4. The van der Waals surface area contributed by atoms with Crippen LogP contribution in [-0.2, 0) is 0 Å². The minimum Gasteiger partial charge on any atom is -0.330 e. The SMILES string of the molecule is NCCC1(CC(F)(F)F)CCCCC1. The summed E-state index contributed by atoms with van der Waals surface area (Å²) in [5.41, 5.74) is 4.86. The fourth-order valence-electron chi connectivity index (χ4n) is 2.55. The van der Waals surface area contributed by atoms with Gasteiger partial charge in [0.2, 0.25) is 0 Å². The van der Waals surface area contributed by atoms with Crippen LogP contribution in [0, 0.1) is 5.41 Å². The molecule has 1 nitrogen and oxygen atoms in total. The molecule has 1 aliphatic rings. The van der Waals surface area contributed by atoms with Crippen molar-refractivity contribution in [3.05, 3.63) is 0 Å². The highest BCUT2D eigenvalue weighted by Gasteiger charge is 2.42. The van der Waals surface area contributed by atoms with E-state index in [0.29, 0.717) is 25.8 Å². The van der Waals surface area contributed by atoms with Gasteiger partial charge in [-0.25, -0.2) is 0 Å². The molecule has 0 heterocycles. The van der Waals surface area contributed by atoms with Crippen molar-refractivity contribution >= 4 is 0 Å². The van der Waals surface area contributed by atoms with E-state index in [2.05, 4.69) is 0 Å². The zero-order chi connectivity index (χ0) is 10.7. The summed E-state index contributed by atoms with van der Waals surface area (Å²) in [6.45, 7) is 0.371. The van der Waals surface area contributed by atoms with Crippen LogP contribution in [0.15, 0.2) is 0 Å². The van der Waals surface area contributed by atoms with E-state index in [1.807, 2.05) is 0 Å². The smallest absolute Gasteiger partial charge is 0.330 e. The summed E-state index contributed by atoms with van der Waals surface area (Å²) < 4.78 is 37.1. The van der Waals surface area contributed by atoms with Crippen LogP contribution < -0.4 is 5.73 Å². The van der Waals surface area contributed by atoms with Crippen molar-refractivity contribution in [2.75, 3.05) is 6.54 Å². The fourth-order valence-corrected chi connectivity index (χ4v) is 2.55. The molecule has 1 rings (SSSR count). The van der Waals surface area contributed by atoms with Crippen LogP contribution in [0.5, 0.6) is 0 Å². The van der Waals surface area contributed by atoms with Crippen LogP contribution >= 0.6 is 0 Å². The second-order valence-corrected chi connectivity index (χ2v) is 4.39. The van der Waals surface area contributed by atoms with Crippen LogP contribution in [0.25, 0.3) is 0 Å². The molecule has 1 fully saturated rings. The van der Waals surface area contributed by atoms with Gasteiger partial charge in [-0.3, -0.25) is 0 Å². The van der Waals surface area contributed by atoms with E-state index in [1.165, 1.54) is 0 Å². The van der Waals surface area contributed by atoms with Gasteiger partial charge < -0.3 is 5.73 Å². The van der Waals surface area contributed by atoms with Crippen molar-refractivity contribution in [3.8, 4) is 0 Å². The Morgan fingerprint density at radius 1 is 1.07 bits per heavy atom. The fraction of sp³-hybridized carbons (Fsp3) is 1.00. The van der Waals surface area contributed by atoms with Gasteiger partial charge in [0, 0.05) is 6.42 Å². The van der Waals surface area contributed by atoms with E-state index in [-0.39, 0.29) is 0 Å². The van der Waals surface area contributed by atoms with Crippen molar-refractivity contribution < 1.29 is 13.2 Å². The Balaban J connectivity index is 2.60. The van der Waals surface area contributed by atoms with Crippen LogP contribution in [0.2, 0.25) is 0 Å². The summed E-state index contributed by atoms with van der Waals surface area (Å²) in [5.74, 6) is 0. The molecule has 0 aromatic heterocycles. The van der Waals surface area contributed by atoms with Gasteiger partial charge in [0.05, 0.1) is 0 Å². The van der Waals surface area contributed by atoms with Gasteiger partial charge in [0.15, 0.2) is 0 Å². The third-order valence-electron chi connectivity index (χ3n) is 3.16. The zero-order valence-corrected chi connectivity index (χ0v) is 8.37. The van der Waals surface area contributed by atoms with Crippen molar-refractivity contribution in [2.45, 2.75) is 51.1 Å². The molecular weight excluding hydrogens is 191 g/mol. The molecule has 0 radical (unpaired) electrons. The number of hydrogen-bond donors (Lipinski definition) is 1. The summed E-state index contributed by atoms with van der Waals surface area (Å²) in [7, 11) is 0. The van der Waals surface area contributed by atoms with E-state index in [9.17, 15) is 13.2 Å². The molecule has 0 saturated heterocycles. The van der Waals surface area contributed by atoms with Crippen LogP contribution in [0.4, 0.5) is 13.2 Å². The molecule has 0 amide bonds. The lowest BCUT2D eigenvalue weighted by molar-refractivity contribution is -0.163. The Kier molecular flexibility index (Phi) is 3.81. The minimum absolute atomic E-state index is 0.371. The van der Waals surface area contributed by atoms with Crippen LogP contribution in [0.1, 0.15) is 44.9 Å². The monoisotopic (exact) mass is 209 g/mol. The topological polar surface area (TPSA) is 26.0 Å². The van der Waals surface area contributed by atoms with Gasteiger partial charge >= 0.3 is 6.18 Å². The van der Waals surface area contributed by atoms with Crippen molar-refractivity contribution in [3.63, 3.8) is 0 Å². The number of alkyl halides is 3. The Labute approximate surface area is 82.9 Å². The number of hydrogen-bond acceptors (Lipinski definition) is 1. The molecule has 0 aromatic rings. The highest BCUT2D eigenvalue weighted by Crippen LogP contribution is 2.46. The van der Waals surface area contributed by atoms with Crippen molar-refractivity contribution in [2.24, 2.45) is 11.1 Å². The quantitative estimate of drug-likeness (QED) is 0.758. The van der Waals surface area contributed by atoms with E-state index in [4.69, 9.17) is 5.73 Å². The average Bonchev–Trinajstić information content (AvgIpc) is 2.02. The zero-order valence-electron chi connectivity index (χ0n) is 8.37. The van der Waals surface area contributed by atoms with Crippen LogP contribution in [-0.4, -0.2) is 12.7 Å². The molecule has 0 unspecified atom stereocenters. The number of rotatable bonds is 3. The molecule has 0 spiro atoms. The van der Waals surface area contributed by atoms with Crippen LogP contribution in [0.3, 0.4) is 0 Å². The highest BCUT2D eigenvalue weighted by atomic mass is 19.4. The summed E-state index contributed by atoms with van der Waals surface area (Å²) in [6, 6.07) is 0. The molecule has 0 bridgehead atoms. The van der Waals surface area contributed by atoms with E-state index >= 15 is 0 Å². The molecular formula is C10H18F3N. The van der Waals surface area contributed by atoms with Crippen molar-refractivity contribution in [1.29, 1.82) is 0 Å². The highest BCUT2D eigenvalue weighted by molar-refractivity contribution is 4.85. The standard InChI is InChI=1S/C10H18F3N/c11-10(12,13)8-9(6-7-14)4-2-1-3-5-9/h1-8,14H2. The summed E-state index contributed by atoms with van der Waals surface area (Å²) in [5, 5.41) is 0. The largest absolute Gasteiger partial charge is 0.389 e. The Bertz CT molecular complexity index is 165. The molecule has 14 heavy (non-hydrogen) atoms. The second kappa shape index (κ2) is 4.51. The Hall–Kier alpha value is -0.250. The molecule has 0 atom stereocenters. The molecule has 0 aliphatic heterocycles. The first kappa shape index (κ1) is 11.8. The summed E-state index contributed by atoms with van der Waals surface area (Å²) in [4.78, 5) is 0. The first-order valence-electron chi connectivity index (χ1n) is 5.24. The Morgan fingerprint density at radius 2 is 1.64 bits per heavy atom. The lowest BCUT2D eigenvalue weighted by atomic mass is 9.69. The summed E-state index contributed by atoms with van der Waals surface area (Å²) >= 11 is 0. The first-order chi connectivity index (χ1) is 6.47. The predicted octanol–water partition coefficient (Wildman–Crippen LogP) is 3.24. The molecule has 2 N–H and O–H groups in total. The van der Waals surface area contributed by atoms with E-state index in [0.717, 1.165) is 19.3 Å². The molecule has 1 aliphatic carbocycles. The lowest BCUT2D eigenvalue weighted by Crippen LogP contribution is -2.32. The van der Waals surface area contributed by atoms with Gasteiger partial charge in [-0.2, -0.15) is 13.2 Å². The third kappa shape index (κ3) is 3.48. The van der Waals surface area contributed by atoms with Gasteiger partial charge in [-0.05, 0) is 31.2 Å². The number of nitrogens with two attached hydrogens (primary N) is 1. The van der Waals surface area contributed by atoms with E-state index < -0.39 is 18.0 Å². The molecule has 4 heteroatoms. The molecule has 1 saturated carbocycles. The van der Waals surface area contributed by atoms with Gasteiger partial charge in [0.25, 0.3) is 0 Å². The molecule has 84 valence electrons. The summed E-state index contributed by atoms with van der Waals surface area (Å²) in [6.07, 6.45) is 0.167. The van der Waals surface area contributed by atoms with E-state index in [1.54, 1.807) is 0 Å². The average molecular weight is 209 g/mol. The maximum absolute atomic E-state index is 12.4. The van der Waals surface area contributed by atoms with Gasteiger partial charge in [-0.1, -0.05) is 19.3 Å². The van der Waals surface area contributed by atoms with Crippen molar-refractivity contribution in [1.82, 2.24) is 0 Å². The van der Waals surface area contributed by atoms with Gasteiger partial charge in [-0.15, -0.1) is 0 Å². The Morgan fingerprint density at radius 3 is 2.07 bits per heavy atom. The lowest BCUT2D eigenvalue weighted by Gasteiger charge is -2.37. The third-order valence-corrected chi connectivity index (χ3v) is 3.16. The minimum atomic E-state index is -4.04. The first-order valence-corrected chi connectivity index (χ1v) is 5.24.